The zero-order valence-electron chi connectivity index (χ0n) is 12.2. The first-order valence-corrected chi connectivity index (χ1v) is 8.78. The Balaban J connectivity index is 2.54. The molecule has 0 saturated carbocycles. The molecule has 1 N–H and O–H groups in total. The minimum Gasteiger partial charge on any atom is -0.310 e. The van der Waals surface area contributed by atoms with Crippen molar-refractivity contribution in [2.45, 2.75) is 59.4 Å². The van der Waals surface area contributed by atoms with Gasteiger partial charge in [-0.05, 0) is 18.1 Å². The fourth-order valence-corrected chi connectivity index (χ4v) is 3.81. The van der Waals surface area contributed by atoms with Crippen molar-refractivity contribution in [2.24, 2.45) is 5.92 Å². The van der Waals surface area contributed by atoms with E-state index in [1.807, 2.05) is 23.1 Å². The highest BCUT2D eigenvalue weighted by Gasteiger charge is 2.10. The highest BCUT2D eigenvalue weighted by Crippen LogP contribution is 2.24. The molecule has 4 heteroatoms. The van der Waals surface area contributed by atoms with Gasteiger partial charge in [-0.3, -0.25) is 0 Å². The van der Waals surface area contributed by atoms with Gasteiger partial charge < -0.3 is 5.32 Å². The van der Waals surface area contributed by atoms with Gasteiger partial charge >= 0.3 is 0 Å². The Kier molecular flexibility index (Phi) is 7.27. The second-order valence-corrected chi connectivity index (χ2v) is 7.47. The van der Waals surface area contributed by atoms with Crippen LogP contribution in [-0.2, 0) is 18.7 Å². The molecule has 0 atom stereocenters. The van der Waals surface area contributed by atoms with Gasteiger partial charge in [0.05, 0.1) is 5.69 Å². The third-order valence-corrected chi connectivity index (χ3v) is 5.17. The van der Waals surface area contributed by atoms with Crippen molar-refractivity contribution < 1.29 is 0 Å². The third-order valence-electron chi connectivity index (χ3n) is 2.51. The summed E-state index contributed by atoms with van der Waals surface area (Å²) in [4.78, 5) is 6.18. The Labute approximate surface area is 120 Å². The summed E-state index contributed by atoms with van der Waals surface area (Å²) in [6.07, 6.45) is 1.04. The topological polar surface area (TPSA) is 24.9 Å². The lowest BCUT2D eigenvalue weighted by Gasteiger charge is -2.06. The highest BCUT2D eigenvalue weighted by atomic mass is 32.2. The zero-order chi connectivity index (χ0) is 13.5. The molecule has 0 spiro atoms. The van der Waals surface area contributed by atoms with Crippen LogP contribution in [0, 0.1) is 5.92 Å². The van der Waals surface area contributed by atoms with E-state index in [4.69, 9.17) is 4.98 Å². The van der Waals surface area contributed by atoms with E-state index >= 15 is 0 Å². The van der Waals surface area contributed by atoms with Crippen molar-refractivity contribution >= 4 is 23.1 Å². The molecule has 1 aromatic heterocycles. The Hall–Kier alpha value is -0.0600. The van der Waals surface area contributed by atoms with Crippen LogP contribution in [0.4, 0.5) is 0 Å². The Morgan fingerprint density at radius 1 is 1.28 bits per heavy atom. The fraction of sp³-hybridized carbons (Fsp3) is 0.786. The molecule has 0 aliphatic rings. The molecule has 0 amide bonds. The van der Waals surface area contributed by atoms with Gasteiger partial charge in [0.15, 0.2) is 0 Å². The van der Waals surface area contributed by atoms with Crippen molar-refractivity contribution in [1.82, 2.24) is 10.3 Å². The van der Waals surface area contributed by atoms with Crippen LogP contribution in [0.25, 0.3) is 0 Å². The molecule has 0 aliphatic carbocycles. The highest BCUT2D eigenvalue weighted by molar-refractivity contribution is 7.98. The predicted molar refractivity (Wildman–Crippen MR) is 84.5 cm³/mol. The Morgan fingerprint density at radius 3 is 2.56 bits per heavy atom. The molecule has 0 aromatic carbocycles. The first-order valence-electron chi connectivity index (χ1n) is 6.81. The number of nitrogens with one attached hydrogen (secondary N) is 1. The summed E-state index contributed by atoms with van der Waals surface area (Å²) in [6.45, 7) is 12.1. The van der Waals surface area contributed by atoms with E-state index in [1.54, 1.807) is 0 Å². The van der Waals surface area contributed by atoms with Crippen LogP contribution >= 0.6 is 23.1 Å². The molecule has 0 unspecified atom stereocenters. The molecule has 1 aromatic rings. The summed E-state index contributed by atoms with van der Waals surface area (Å²) >= 11 is 3.88. The van der Waals surface area contributed by atoms with Crippen LogP contribution in [-0.4, -0.2) is 16.8 Å². The number of hydrogen-bond donors (Lipinski definition) is 1. The van der Waals surface area contributed by atoms with Crippen LogP contribution in [0.2, 0.25) is 0 Å². The van der Waals surface area contributed by atoms with E-state index in [0.717, 1.165) is 24.6 Å². The van der Waals surface area contributed by atoms with Crippen LogP contribution in [0.1, 0.15) is 50.2 Å². The lowest BCUT2D eigenvalue weighted by Crippen LogP contribution is -2.21. The largest absolute Gasteiger partial charge is 0.310 e. The maximum absolute atomic E-state index is 4.76. The number of nitrogens with zero attached hydrogens (tertiary/aromatic N) is 1. The molecule has 104 valence electrons. The molecule has 1 rings (SSSR count). The molecule has 0 bridgehead atoms. The normalized spacial score (nSPS) is 11.7. The molecule has 0 saturated heterocycles. The van der Waals surface area contributed by atoms with Gasteiger partial charge in [-0.1, -0.05) is 34.6 Å². The van der Waals surface area contributed by atoms with Crippen molar-refractivity contribution in [3.8, 4) is 0 Å². The summed E-state index contributed by atoms with van der Waals surface area (Å²) in [5.74, 6) is 3.06. The molecule has 2 nitrogen and oxygen atoms in total. The molecular weight excluding hydrogens is 260 g/mol. The summed E-state index contributed by atoms with van der Waals surface area (Å²) in [5.41, 5.74) is 1.29. The van der Waals surface area contributed by atoms with E-state index in [9.17, 15) is 0 Å². The smallest absolute Gasteiger partial charge is 0.103 e. The summed E-state index contributed by atoms with van der Waals surface area (Å²) in [5, 5.41) is 4.78. The second-order valence-electron chi connectivity index (χ2n) is 5.28. The number of aryl methyl sites for hydroxylation is 1. The third kappa shape index (κ3) is 5.72. The van der Waals surface area contributed by atoms with Gasteiger partial charge in [-0.15, -0.1) is 11.3 Å². The lowest BCUT2D eigenvalue weighted by atomic mass is 10.3. The zero-order valence-corrected chi connectivity index (χ0v) is 13.9. The molecular formula is C14H26N2S2. The quantitative estimate of drug-likeness (QED) is 0.779. The van der Waals surface area contributed by atoms with Crippen LogP contribution < -0.4 is 5.32 Å². The fourth-order valence-electron chi connectivity index (χ4n) is 1.59. The van der Waals surface area contributed by atoms with Gasteiger partial charge in [-0.25, -0.2) is 4.98 Å². The van der Waals surface area contributed by atoms with Crippen molar-refractivity contribution in [3.63, 3.8) is 0 Å². The first kappa shape index (κ1) is 16.0. The van der Waals surface area contributed by atoms with Crippen LogP contribution in [0.3, 0.4) is 0 Å². The monoisotopic (exact) mass is 286 g/mol. The minimum absolute atomic E-state index is 0.538. The lowest BCUT2D eigenvalue weighted by molar-refractivity contribution is 0.590. The maximum atomic E-state index is 4.76. The Morgan fingerprint density at radius 2 is 2.00 bits per heavy atom. The van der Waals surface area contributed by atoms with E-state index in [-0.39, 0.29) is 0 Å². The first-order chi connectivity index (χ1) is 8.52. The van der Waals surface area contributed by atoms with E-state index in [1.165, 1.54) is 21.3 Å². The summed E-state index contributed by atoms with van der Waals surface area (Å²) in [7, 11) is 0. The van der Waals surface area contributed by atoms with E-state index in [0.29, 0.717) is 6.04 Å². The molecule has 1 heterocycles. The number of thiazole rings is 1. The van der Waals surface area contributed by atoms with E-state index in [2.05, 4.69) is 39.9 Å². The van der Waals surface area contributed by atoms with Crippen molar-refractivity contribution in [2.75, 3.05) is 5.75 Å². The van der Waals surface area contributed by atoms with Crippen molar-refractivity contribution in [3.05, 3.63) is 15.6 Å². The SMILES string of the molecule is CCc1nc(CSCC(C)C)sc1CNC(C)C. The van der Waals surface area contributed by atoms with Crippen molar-refractivity contribution in [1.29, 1.82) is 0 Å². The van der Waals surface area contributed by atoms with Gasteiger partial charge in [0.2, 0.25) is 0 Å². The molecule has 0 fully saturated rings. The summed E-state index contributed by atoms with van der Waals surface area (Å²) < 4.78 is 0. The molecule has 0 radical (unpaired) electrons. The number of hydrogen-bond acceptors (Lipinski definition) is 4. The number of aromatic nitrogens is 1. The molecule has 0 aliphatic heterocycles. The minimum atomic E-state index is 0.538. The average molecular weight is 287 g/mol. The Bertz CT molecular complexity index is 346. The maximum Gasteiger partial charge on any atom is 0.103 e. The van der Waals surface area contributed by atoms with Gasteiger partial charge in [-0.2, -0.15) is 11.8 Å². The number of thioether (sulfide) groups is 1. The summed E-state index contributed by atoms with van der Waals surface area (Å²) in [6, 6.07) is 0.538. The van der Waals surface area contributed by atoms with Crippen LogP contribution in [0.5, 0.6) is 0 Å². The van der Waals surface area contributed by atoms with Gasteiger partial charge in [0.1, 0.15) is 5.01 Å². The van der Waals surface area contributed by atoms with Gasteiger partial charge in [0.25, 0.3) is 0 Å². The standard InChI is InChI=1S/C14H26N2S2/c1-6-12-13(7-15-11(4)5)18-14(16-12)9-17-8-10(2)3/h10-11,15H,6-9H2,1-5H3. The van der Waals surface area contributed by atoms with Gasteiger partial charge in [0, 0.05) is 23.2 Å². The van der Waals surface area contributed by atoms with Crippen LogP contribution in [0.15, 0.2) is 0 Å². The number of rotatable bonds is 8. The average Bonchev–Trinajstić information content (AvgIpc) is 2.68. The molecule has 18 heavy (non-hydrogen) atoms. The van der Waals surface area contributed by atoms with E-state index < -0.39 is 0 Å². The second kappa shape index (κ2) is 8.18. The predicted octanol–water partition coefficient (Wildman–Crippen LogP) is 4.09.